The van der Waals surface area contributed by atoms with Crippen LogP contribution in [0.25, 0.3) is 22.2 Å². The first-order valence-corrected chi connectivity index (χ1v) is 21.1. The quantitative estimate of drug-likeness (QED) is 0.141. The average molecular weight is 679 g/mol. The first kappa shape index (κ1) is 35.7. The third-order valence-corrected chi connectivity index (χ3v) is 10.8. The molecule has 2 aliphatic rings. The van der Waals surface area contributed by atoms with Crippen molar-refractivity contribution >= 4 is 31.1 Å². The Balaban J connectivity index is 1.42. The zero-order valence-electron chi connectivity index (χ0n) is 30.0. The number of nitrogens with zero attached hydrogens (tertiary/aromatic N) is 2. The van der Waals surface area contributed by atoms with E-state index in [9.17, 15) is 9.59 Å². The summed E-state index contributed by atoms with van der Waals surface area (Å²) >= 11 is 0. The van der Waals surface area contributed by atoms with E-state index in [1.54, 1.807) is 13.3 Å². The van der Waals surface area contributed by atoms with Gasteiger partial charge in [-0.05, 0) is 96.4 Å². The maximum Gasteiger partial charge on any atom is 0.407 e. The highest BCUT2D eigenvalue weighted by atomic mass is 28.3. The minimum atomic E-state index is -1.29. The van der Waals surface area contributed by atoms with Crippen molar-refractivity contribution in [1.29, 1.82) is 0 Å². The molecular weight excluding hydrogens is 625 g/mol. The molecule has 1 aromatic carbocycles. The van der Waals surface area contributed by atoms with Gasteiger partial charge in [0.2, 0.25) is 0 Å². The molecule has 10 nitrogen and oxygen atoms in total. The molecule has 5 rings (SSSR count). The standard InChI is InChI=1S/C37H54N4O6Si/c1-24-32(35(42)39-26-11-13-27(14-12-26)40-36(43)47-37(2,3)4)33-34(41(24)23-45-19-20-48(6,7)8)30(17-18-38-33)29-16-15-28(44-5)21-31(29)46-22-25-9-10-25/h15-18,21,25-27H,9-14,19-20,22-23H2,1-8H3,(H,39,42)(H,40,43). The van der Waals surface area contributed by atoms with Gasteiger partial charge in [-0.25, -0.2) is 4.79 Å². The number of hydrogen-bond acceptors (Lipinski definition) is 7. The highest BCUT2D eigenvalue weighted by Gasteiger charge is 2.30. The van der Waals surface area contributed by atoms with Gasteiger partial charge in [-0.3, -0.25) is 9.78 Å². The highest BCUT2D eigenvalue weighted by Crippen LogP contribution is 2.40. The van der Waals surface area contributed by atoms with Crippen LogP contribution in [-0.2, 0) is 16.2 Å². The van der Waals surface area contributed by atoms with Crippen LogP contribution < -0.4 is 20.1 Å². The van der Waals surface area contributed by atoms with Crippen molar-refractivity contribution in [3.8, 4) is 22.6 Å². The second kappa shape index (κ2) is 14.9. The van der Waals surface area contributed by atoms with Crippen LogP contribution in [0, 0.1) is 12.8 Å². The summed E-state index contributed by atoms with van der Waals surface area (Å²) in [5.74, 6) is 1.92. The van der Waals surface area contributed by atoms with Crippen LogP contribution in [0.3, 0.4) is 0 Å². The lowest BCUT2D eigenvalue weighted by Gasteiger charge is -2.30. The topological polar surface area (TPSA) is 113 Å². The van der Waals surface area contributed by atoms with Crippen molar-refractivity contribution in [2.75, 3.05) is 20.3 Å². The van der Waals surface area contributed by atoms with E-state index in [0.717, 1.165) is 65.6 Å². The average Bonchev–Trinajstić information content (AvgIpc) is 3.79. The van der Waals surface area contributed by atoms with Crippen LogP contribution in [0.1, 0.15) is 75.3 Å². The first-order chi connectivity index (χ1) is 22.7. The van der Waals surface area contributed by atoms with Gasteiger partial charge < -0.3 is 34.1 Å². The van der Waals surface area contributed by atoms with Gasteiger partial charge in [-0.1, -0.05) is 19.6 Å². The maximum atomic E-state index is 14.1. The summed E-state index contributed by atoms with van der Waals surface area (Å²) in [7, 11) is 0.370. The zero-order chi connectivity index (χ0) is 34.6. The number of nitrogens with one attached hydrogen (secondary N) is 2. The predicted molar refractivity (Wildman–Crippen MR) is 192 cm³/mol. The molecule has 0 unspecified atom stereocenters. The van der Waals surface area contributed by atoms with Crippen LogP contribution in [0.2, 0.25) is 25.7 Å². The van der Waals surface area contributed by atoms with Crippen molar-refractivity contribution in [3.63, 3.8) is 0 Å². The number of alkyl carbamates (subject to hydrolysis) is 1. The van der Waals surface area contributed by atoms with Crippen molar-refractivity contribution in [3.05, 3.63) is 41.7 Å². The van der Waals surface area contributed by atoms with E-state index in [2.05, 4.69) is 34.8 Å². The molecule has 0 radical (unpaired) electrons. The minimum Gasteiger partial charge on any atom is -0.497 e. The summed E-state index contributed by atoms with van der Waals surface area (Å²) in [6.45, 7) is 16.2. The van der Waals surface area contributed by atoms with Crippen LogP contribution in [-0.4, -0.2) is 67.6 Å². The second-order valence-electron chi connectivity index (χ2n) is 15.6. The van der Waals surface area contributed by atoms with E-state index in [-0.39, 0.29) is 18.0 Å². The number of rotatable bonds is 13. The summed E-state index contributed by atoms with van der Waals surface area (Å²) in [5.41, 5.74) is 4.16. The second-order valence-corrected chi connectivity index (χ2v) is 21.2. The van der Waals surface area contributed by atoms with E-state index in [0.29, 0.717) is 36.9 Å². The lowest BCUT2D eigenvalue weighted by Crippen LogP contribution is -2.45. The Morgan fingerprint density at radius 1 is 0.979 bits per heavy atom. The Hall–Kier alpha value is -3.57. The van der Waals surface area contributed by atoms with Crippen molar-refractivity contribution < 1.29 is 28.5 Å². The summed E-state index contributed by atoms with van der Waals surface area (Å²) in [4.78, 5) is 31.2. The number of carbonyl (C=O) groups excluding carboxylic acids is 2. The van der Waals surface area contributed by atoms with Crippen LogP contribution in [0.4, 0.5) is 4.79 Å². The Kier molecular flexibility index (Phi) is 11.1. The minimum absolute atomic E-state index is 0.00724. The van der Waals surface area contributed by atoms with Crippen molar-refractivity contribution in [2.24, 2.45) is 5.92 Å². The van der Waals surface area contributed by atoms with Gasteiger partial charge in [0.05, 0.1) is 24.8 Å². The van der Waals surface area contributed by atoms with Crippen molar-refractivity contribution in [1.82, 2.24) is 20.2 Å². The molecule has 2 saturated carbocycles. The number of aromatic nitrogens is 2. The summed E-state index contributed by atoms with van der Waals surface area (Å²) in [5, 5.41) is 6.28. The first-order valence-electron chi connectivity index (χ1n) is 17.4. The SMILES string of the molecule is COc1ccc(-c2ccnc3c(C(=O)NC4CCC(NC(=O)OC(C)(C)C)CC4)c(C)n(COCC[Si](C)(C)C)c23)c(OCC2CC2)c1. The molecule has 0 atom stereocenters. The van der Waals surface area contributed by atoms with Gasteiger partial charge in [0, 0.05) is 55.8 Å². The Bertz CT molecular complexity index is 1600. The number of amides is 2. The van der Waals surface area contributed by atoms with Gasteiger partial charge in [-0.15, -0.1) is 0 Å². The van der Waals surface area contributed by atoms with Crippen LogP contribution in [0.15, 0.2) is 30.5 Å². The summed E-state index contributed by atoms with van der Waals surface area (Å²) in [6.07, 6.45) is 6.80. The fourth-order valence-corrected chi connectivity index (χ4v) is 6.90. The Morgan fingerprint density at radius 2 is 1.67 bits per heavy atom. The summed E-state index contributed by atoms with van der Waals surface area (Å²) in [6, 6.07) is 8.97. The molecule has 2 fully saturated rings. The molecule has 0 spiro atoms. The van der Waals surface area contributed by atoms with Gasteiger partial charge in [0.25, 0.3) is 5.91 Å². The Morgan fingerprint density at radius 3 is 2.29 bits per heavy atom. The molecule has 2 N–H and O–H groups in total. The van der Waals surface area contributed by atoms with E-state index < -0.39 is 19.8 Å². The molecule has 2 aromatic heterocycles. The number of hydrogen-bond donors (Lipinski definition) is 2. The van der Waals surface area contributed by atoms with E-state index >= 15 is 0 Å². The lowest BCUT2D eigenvalue weighted by molar-refractivity contribution is 0.0487. The highest BCUT2D eigenvalue weighted by molar-refractivity contribution is 6.76. The molecule has 0 aliphatic heterocycles. The summed E-state index contributed by atoms with van der Waals surface area (Å²) < 4.78 is 25.7. The maximum absolute atomic E-state index is 14.1. The lowest BCUT2D eigenvalue weighted by atomic mass is 9.91. The molecule has 2 heterocycles. The molecule has 2 aliphatic carbocycles. The normalized spacial score (nSPS) is 18.4. The third kappa shape index (κ3) is 9.31. The van der Waals surface area contributed by atoms with E-state index in [4.69, 9.17) is 23.9 Å². The predicted octanol–water partition coefficient (Wildman–Crippen LogP) is 7.69. The van der Waals surface area contributed by atoms with Gasteiger partial charge >= 0.3 is 6.09 Å². The molecular formula is C37H54N4O6Si. The third-order valence-electron chi connectivity index (χ3n) is 9.08. The molecule has 3 aromatic rings. The Labute approximate surface area is 286 Å². The molecule has 11 heteroatoms. The van der Waals surface area contributed by atoms with E-state index in [1.165, 1.54) is 12.8 Å². The van der Waals surface area contributed by atoms with Crippen molar-refractivity contribution in [2.45, 2.75) is 116 Å². The fraction of sp³-hybridized carbons (Fsp3) is 0.595. The van der Waals surface area contributed by atoms with Crippen LogP contribution in [0.5, 0.6) is 11.5 Å². The number of carbonyl (C=O) groups is 2. The number of pyridine rings is 1. The molecule has 0 bridgehead atoms. The molecule has 262 valence electrons. The molecule has 2 amide bonds. The van der Waals surface area contributed by atoms with E-state index in [1.807, 2.05) is 52.0 Å². The molecule has 48 heavy (non-hydrogen) atoms. The van der Waals surface area contributed by atoms with Gasteiger partial charge in [0.1, 0.15) is 29.3 Å². The number of fused-ring (bicyclic) bond motifs is 1. The number of methoxy groups -OCH3 is 1. The zero-order valence-corrected chi connectivity index (χ0v) is 31.0. The molecule has 0 saturated heterocycles. The van der Waals surface area contributed by atoms with Gasteiger partial charge in [-0.2, -0.15) is 0 Å². The fourth-order valence-electron chi connectivity index (χ4n) is 6.15. The number of ether oxygens (including phenoxy) is 4. The van der Waals surface area contributed by atoms with Gasteiger partial charge in [0.15, 0.2) is 0 Å². The smallest absolute Gasteiger partial charge is 0.407 e. The number of benzene rings is 1. The monoisotopic (exact) mass is 678 g/mol. The largest absolute Gasteiger partial charge is 0.497 e. The van der Waals surface area contributed by atoms with Crippen LogP contribution >= 0.6 is 0 Å².